The van der Waals surface area contributed by atoms with Gasteiger partial charge in [-0.2, -0.15) is 0 Å². The fraction of sp³-hybridized carbons (Fsp3) is 0.176. The number of rotatable bonds is 7. The molecule has 0 saturated carbocycles. The molecule has 0 fully saturated rings. The average Bonchev–Trinajstić information content (AvgIpc) is 2.58. The first-order valence-corrected chi connectivity index (χ1v) is 7.97. The molecule has 0 spiro atoms. The minimum atomic E-state index is -0.981. The van der Waals surface area contributed by atoms with E-state index in [1.807, 2.05) is 0 Å². The minimum absolute atomic E-state index is 0.0505. The van der Waals surface area contributed by atoms with E-state index in [1.165, 1.54) is 6.07 Å². The minimum Gasteiger partial charge on any atom is -0.490 e. The summed E-state index contributed by atoms with van der Waals surface area (Å²) < 4.78 is 15.5. The zero-order chi connectivity index (χ0) is 18.2. The lowest BCUT2D eigenvalue weighted by Gasteiger charge is -2.18. The number of ether oxygens (including phenoxy) is 3. The molecule has 0 aliphatic carbocycles. The highest BCUT2D eigenvalue weighted by molar-refractivity contribution is 6.33. The summed E-state index contributed by atoms with van der Waals surface area (Å²) in [6, 6.07) is 13.1. The lowest BCUT2D eigenvalue weighted by atomic mass is 10.2. The Morgan fingerprint density at radius 3 is 2.32 bits per heavy atom. The summed E-state index contributed by atoms with van der Waals surface area (Å²) in [7, 11) is 0. The second-order valence-corrected chi connectivity index (χ2v) is 5.75. The standard InChI is InChI=1S/C17H15Cl2NO5/c18-11-5-7-12(8-6-11)23-9-13(10-24-17(20)22)25-16(21)14-3-1-2-4-15(14)19/h1-8,13H,9-10H2,(H2,20,22)/t13-/m0/s1. The zero-order valence-electron chi connectivity index (χ0n) is 13.0. The van der Waals surface area contributed by atoms with Gasteiger partial charge in [0.2, 0.25) is 0 Å². The number of esters is 1. The molecule has 0 aromatic heterocycles. The fourth-order valence-corrected chi connectivity index (χ4v) is 2.19. The molecule has 2 N–H and O–H groups in total. The molecule has 0 heterocycles. The molecule has 0 bridgehead atoms. The first kappa shape index (κ1) is 18.9. The van der Waals surface area contributed by atoms with Crippen molar-refractivity contribution in [2.75, 3.05) is 13.2 Å². The predicted octanol–water partition coefficient (Wildman–Crippen LogP) is 3.69. The third-order valence-corrected chi connectivity index (χ3v) is 3.61. The van der Waals surface area contributed by atoms with Gasteiger partial charge in [0.15, 0.2) is 6.10 Å². The zero-order valence-corrected chi connectivity index (χ0v) is 14.5. The van der Waals surface area contributed by atoms with Crippen molar-refractivity contribution in [2.24, 2.45) is 5.73 Å². The summed E-state index contributed by atoms with van der Waals surface area (Å²) in [6.45, 7) is -0.301. The molecule has 1 atom stereocenters. The van der Waals surface area contributed by atoms with Gasteiger partial charge in [0, 0.05) is 5.02 Å². The SMILES string of the molecule is NC(=O)OC[C@H](COc1ccc(Cl)cc1)OC(=O)c1ccccc1Cl. The van der Waals surface area contributed by atoms with Crippen molar-refractivity contribution in [3.8, 4) is 5.75 Å². The van der Waals surface area contributed by atoms with Crippen LogP contribution in [0.2, 0.25) is 10.0 Å². The van der Waals surface area contributed by atoms with E-state index < -0.39 is 18.2 Å². The summed E-state index contributed by atoms with van der Waals surface area (Å²) >= 11 is 11.8. The van der Waals surface area contributed by atoms with E-state index in [4.69, 9.17) is 43.1 Å². The van der Waals surface area contributed by atoms with Gasteiger partial charge < -0.3 is 19.9 Å². The van der Waals surface area contributed by atoms with Crippen LogP contribution in [-0.2, 0) is 9.47 Å². The van der Waals surface area contributed by atoms with Crippen LogP contribution in [-0.4, -0.2) is 31.4 Å². The van der Waals surface area contributed by atoms with Gasteiger partial charge >= 0.3 is 12.1 Å². The van der Waals surface area contributed by atoms with Gasteiger partial charge in [0.25, 0.3) is 0 Å². The Balaban J connectivity index is 2.01. The van der Waals surface area contributed by atoms with Crippen LogP contribution in [0.25, 0.3) is 0 Å². The highest BCUT2D eigenvalue weighted by Gasteiger charge is 2.20. The Labute approximate surface area is 154 Å². The van der Waals surface area contributed by atoms with E-state index in [9.17, 15) is 9.59 Å². The molecule has 0 radical (unpaired) electrons. The van der Waals surface area contributed by atoms with E-state index in [-0.39, 0.29) is 23.8 Å². The summed E-state index contributed by atoms with van der Waals surface area (Å²) in [6.07, 6.45) is -1.85. The maximum Gasteiger partial charge on any atom is 0.404 e. The maximum atomic E-state index is 12.2. The molecule has 0 aliphatic rings. The van der Waals surface area contributed by atoms with Crippen LogP contribution in [0.4, 0.5) is 4.79 Å². The van der Waals surface area contributed by atoms with Crippen molar-refractivity contribution in [1.82, 2.24) is 0 Å². The lowest BCUT2D eigenvalue weighted by Crippen LogP contribution is -2.32. The second kappa shape index (κ2) is 9.15. The summed E-state index contributed by atoms with van der Waals surface area (Å²) in [5.41, 5.74) is 5.15. The highest BCUT2D eigenvalue weighted by Crippen LogP contribution is 2.18. The van der Waals surface area contributed by atoms with Gasteiger partial charge in [-0.1, -0.05) is 35.3 Å². The molecule has 6 nitrogen and oxygen atoms in total. The quantitative estimate of drug-likeness (QED) is 0.736. The molecule has 0 aliphatic heterocycles. The monoisotopic (exact) mass is 383 g/mol. The Morgan fingerprint density at radius 1 is 1.00 bits per heavy atom. The van der Waals surface area contributed by atoms with Crippen LogP contribution >= 0.6 is 23.2 Å². The van der Waals surface area contributed by atoms with Crippen LogP contribution < -0.4 is 10.5 Å². The first-order chi connectivity index (χ1) is 12.0. The predicted molar refractivity (Wildman–Crippen MR) is 93.1 cm³/mol. The number of hydrogen-bond acceptors (Lipinski definition) is 5. The number of nitrogens with two attached hydrogens (primary N) is 1. The molecule has 1 amide bonds. The Hall–Kier alpha value is -2.44. The second-order valence-electron chi connectivity index (χ2n) is 4.90. The molecule has 8 heteroatoms. The van der Waals surface area contributed by atoms with E-state index in [1.54, 1.807) is 42.5 Å². The fourth-order valence-electron chi connectivity index (χ4n) is 1.85. The summed E-state index contributed by atoms with van der Waals surface area (Å²) in [5, 5.41) is 0.812. The van der Waals surface area contributed by atoms with E-state index in [0.29, 0.717) is 10.8 Å². The normalized spacial score (nSPS) is 11.4. The Bertz CT molecular complexity index is 736. The van der Waals surface area contributed by atoms with Crippen molar-refractivity contribution in [3.05, 3.63) is 64.1 Å². The van der Waals surface area contributed by atoms with Gasteiger partial charge in [0.05, 0.1) is 10.6 Å². The van der Waals surface area contributed by atoms with Gasteiger partial charge in [-0.05, 0) is 36.4 Å². The maximum absolute atomic E-state index is 12.2. The number of benzene rings is 2. The van der Waals surface area contributed by atoms with Crippen molar-refractivity contribution in [3.63, 3.8) is 0 Å². The van der Waals surface area contributed by atoms with Crippen LogP contribution in [0, 0.1) is 0 Å². The topological polar surface area (TPSA) is 87.9 Å². The number of primary amides is 1. The van der Waals surface area contributed by atoms with Crippen molar-refractivity contribution in [1.29, 1.82) is 0 Å². The van der Waals surface area contributed by atoms with Crippen molar-refractivity contribution < 1.29 is 23.8 Å². The van der Waals surface area contributed by atoms with E-state index >= 15 is 0 Å². The van der Waals surface area contributed by atoms with Crippen LogP contribution in [0.5, 0.6) is 5.75 Å². The highest BCUT2D eigenvalue weighted by atomic mass is 35.5. The van der Waals surface area contributed by atoms with Crippen molar-refractivity contribution >= 4 is 35.3 Å². The van der Waals surface area contributed by atoms with Crippen LogP contribution in [0.1, 0.15) is 10.4 Å². The largest absolute Gasteiger partial charge is 0.490 e. The molecular weight excluding hydrogens is 369 g/mol. The average molecular weight is 384 g/mol. The Morgan fingerprint density at radius 2 is 1.68 bits per heavy atom. The molecule has 0 unspecified atom stereocenters. The summed E-state index contributed by atoms with van der Waals surface area (Å²) in [5.74, 6) is -0.148. The number of halogens is 2. The lowest BCUT2D eigenvalue weighted by molar-refractivity contribution is -0.00456. The van der Waals surface area contributed by atoms with Crippen LogP contribution in [0.3, 0.4) is 0 Å². The third kappa shape index (κ3) is 6.17. The van der Waals surface area contributed by atoms with E-state index in [0.717, 1.165) is 0 Å². The number of hydrogen-bond donors (Lipinski definition) is 1. The Kier molecular flexibility index (Phi) is 6.91. The third-order valence-electron chi connectivity index (χ3n) is 3.03. The van der Waals surface area contributed by atoms with E-state index in [2.05, 4.69) is 0 Å². The smallest absolute Gasteiger partial charge is 0.404 e. The molecule has 25 heavy (non-hydrogen) atoms. The van der Waals surface area contributed by atoms with Crippen molar-refractivity contribution in [2.45, 2.75) is 6.10 Å². The molecule has 0 saturated heterocycles. The number of carbonyl (C=O) groups excluding carboxylic acids is 2. The molecular formula is C17H15Cl2NO5. The molecule has 132 valence electrons. The summed E-state index contributed by atoms with van der Waals surface area (Å²) in [4.78, 5) is 23.0. The molecule has 2 rings (SSSR count). The van der Waals surface area contributed by atoms with Gasteiger partial charge in [-0.3, -0.25) is 0 Å². The molecule has 2 aromatic carbocycles. The van der Waals surface area contributed by atoms with Gasteiger partial charge in [-0.25, -0.2) is 9.59 Å². The number of carbonyl (C=O) groups is 2. The van der Waals surface area contributed by atoms with Crippen LogP contribution in [0.15, 0.2) is 48.5 Å². The first-order valence-electron chi connectivity index (χ1n) is 7.22. The molecule has 2 aromatic rings. The van der Waals surface area contributed by atoms with Gasteiger partial charge in [-0.15, -0.1) is 0 Å². The number of amides is 1. The van der Waals surface area contributed by atoms with Gasteiger partial charge in [0.1, 0.15) is 19.0 Å².